The van der Waals surface area contributed by atoms with Crippen LogP contribution in [0.15, 0.2) is 47.9 Å². The Morgan fingerprint density at radius 1 is 1.33 bits per heavy atom. The highest BCUT2D eigenvalue weighted by molar-refractivity contribution is 7.14. The summed E-state index contributed by atoms with van der Waals surface area (Å²) in [5, 5.41) is 2.63. The van der Waals surface area contributed by atoms with Crippen molar-refractivity contribution in [3.63, 3.8) is 0 Å². The number of aromatic nitrogens is 1. The Labute approximate surface area is 110 Å². The topological polar surface area (TPSA) is 33.2 Å². The molecule has 1 aromatic heterocycles. The molecule has 1 aromatic carbocycles. The van der Waals surface area contributed by atoms with Crippen LogP contribution in [0.5, 0.6) is 0 Å². The van der Waals surface area contributed by atoms with Gasteiger partial charge >= 0.3 is 0 Å². The van der Waals surface area contributed by atoms with Gasteiger partial charge in [0, 0.05) is 5.38 Å². The third-order valence-corrected chi connectivity index (χ3v) is 3.29. The summed E-state index contributed by atoms with van der Waals surface area (Å²) in [7, 11) is 0. The highest BCUT2D eigenvalue weighted by Gasteiger charge is 2.18. The van der Waals surface area contributed by atoms with E-state index in [1.54, 1.807) is 17.1 Å². The zero-order valence-electron chi connectivity index (χ0n) is 10.3. The van der Waals surface area contributed by atoms with E-state index in [1.807, 2.05) is 49.6 Å². The van der Waals surface area contributed by atoms with Crippen molar-refractivity contribution >= 4 is 28.1 Å². The summed E-state index contributed by atoms with van der Waals surface area (Å²) in [6.07, 6.45) is 3.28. The lowest BCUT2D eigenvalue weighted by Gasteiger charge is -2.18. The lowest BCUT2D eigenvalue weighted by molar-refractivity contribution is -0.113. The van der Waals surface area contributed by atoms with Crippen LogP contribution in [0.1, 0.15) is 12.6 Å². The molecule has 0 unspecified atom stereocenters. The second-order valence-corrected chi connectivity index (χ2v) is 4.62. The molecule has 92 valence electrons. The molecule has 0 spiro atoms. The molecule has 2 rings (SSSR count). The van der Waals surface area contributed by atoms with Gasteiger partial charge in [-0.15, -0.1) is 11.3 Å². The van der Waals surface area contributed by atoms with E-state index in [9.17, 15) is 4.79 Å². The van der Waals surface area contributed by atoms with E-state index in [-0.39, 0.29) is 5.91 Å². The molecule has 1 heterocycles. The monoisotopic (exact) mass is 258 g/mol. The first-order chi connectivity index (χ1) is 8.72. The average molecular weight is 258 g/mol. The molecule has 0 aliphatic rings. The molecule has 18 heavy (non-hydrogen) atoms. The van der Waals surface area contributed by atoms with Crippen LogP contribution in [-0.4, -0.2) is 10.9 Å². The van der Waals surface area contributed by atoms with Crippen LogP contribution in [0.3, 0.4) is 0 Å². The summed E-state index contributed by atoms with van der Waals surface area (Å²) in [5.74, 6) is -0.0851. The van der Waals surface area contributed by atoms with E-state index in [0.29, 0.717) is 5.13 Å². The van der Waals surface area contributed by atoms with E-state index in [2.05, 4.69) is 4.98 Å². The molecule has 0 aliphatic carbocycles. The van der Waals surface area contributed by atoms with Gasteiger partial charge in [0.1, 0.15) is 0 Å². The van der Waals surface area contributed by atoms with Crippen LogP contribution in [0.2, 0.25) is 0 Å². The third kappa shape index (κ3) is 2.65. The number of nitrogens with zero attached hydrogens (tertiary/aromatic N) is 2. The van der Waals surface area contributed by atoms with E-state index in [4.69, 9.17) is 0 Å². The minimum Gasteiger partial charge on any atom is -0.269 e. The van der Waals surface area contributed by atoms with Crippen LogP contribution in [0.4, 0.5) is 10.8 Å². The van der Waals surface area contributed by atoms with Gasteiger partial charge in [0.05, 0.1) is 11.4 Å². The molecular formula is C14H14N2OS. The van der Waals surface area contributed by atoms with Crippen molar-refractivity contribution in [2.24, 2.45) is 0 Å². The van der Waals surface area contributed by atoms with Crippen molar-refractivity contribution in [2.45, 2.75) is 13.8 Å². The summed E-state index contributed by atoms with van der Waals surface area (Å²) in [4.78, 5) is 18.2. The first-order valence-corrected chi connectivity index (χ1v) is 6.54. The summed E-state index contributed by atoms with van der Waals surface area (Å²) in [5.41, 5.74) is 1.75. The Balaban J connectivity index is 2.44. The first-order valence-electron chi connectivity index (χ1n) is 5.66. The Morgan fingerprint density at radius 3 is 2.61 bits per heavy atom. The molecule has 0 N–H and O–H groups in total. The molecule has 0 fully saturated rings. The number of carbonyl (C=O) groups is 1. The maximum Gasteiger partial charge on any atom is 0.257 e. The minimum absolute atomic E-state index is 0.0851. The fourth-order valence-corrected chi connectivity index (χ4v) is 2.40. The molecule has 0 saturated carbocycles. The molecule has 1 amide bonds. The quantitative estimate of drug-likeness (QED) is 0.787. The summed E-state index contributed by atoms with van der Waals surface area (Å²) < 4.78 is 0. The number of benzene rings is 1. The third-order valence-electron chi connectivity index (χ3n) is 2.34. The summed E-state index contributed by atoms with van der Waals surface area (Å²) in [6, 6.07) is 9.54. The van der Waals surface area contributed by atoms with Gasteiger partial charge in [-0.3, -0.25) is 9.69 Å². The van der Waals surface area contributed by atoms with E-state index >= 15 is 0 Å². The second kappa shape index (κ2) is 5.60. The normalized spacial score (nSPS) is 10.8. The Kier molecular flexibility index (Phi) is 3.89. The molecule has 0 bridgehead atoms. The lowest BCUT2D eigenvalue weighted by Crippen LogP contribution is -2.23. The van der Waals surface area contributed by atoms with Crippen molar-refractivity contribution in [1.82, 2.24) is 4.98 Å². The molecule has 2 aromatic rings. The molecule has 4 heteroatoms. The molecule has 0 radical (unpaired) electrons. The van der Waals surface area contributed by atoms with Gasteiger partial charge in [0.15, 0.2) is 5.13 Å². The van der Waals surface area contributed by atoms with Gasteiger partial charge in [0.25, 0.3) is 5.91 Å². The number of hydrogen-bond acceptors (Lipinski definition) is 3. The van der Waals surface area contributed by atoms with E-state index in [0.717, 1.165) is 11.4 Å². The Bertz CT molecular complexity index is 560. The number of anilines is 2. The van der Waals surface area contributed by atoms with Crippen LogP contribution in [0.25, 0.3) is 0 Å². The lowest BCUT2D eigenvalue weighted by atomic mass is 10.3. The fraction of sp³-hybridized carbons (Fsp3) is 0.143. The molecule has 0 saturated heterocycles. The van der Waals surface area contributed by atoms with Crippen molar-refractivity contribution < 1.29 is 4.79 Å². The van der Waals surface area contributed by atoms with Gasteiger partial charge in [-0.2, -0.15) is 0 Å². The van der Waals surface area contributed by atoms with Crippen molar-refractivity contribution in [1.29, 1.82) is 0 Å². The van der Waals surface area contributed by atoms with E-state index in [1.165, 1.54) is 11.3 Å². The predicted octanol–water partition coefficient (Wildman–Crippen LogP) is 3.69. The van der Waals surface area contributed by atoms with Crippen molar-refractivity contribution in [3.05, 3.63) is 53.6 Å². The van der Waals surface area contributed by atoms with Crippen molar-refractivity contribution in [2.75, 3.05) is 4.90 Å². The average Bonchev–Trinajstić information content (AvgIpc) is 2.78. The predicted molar refractivity (Wildman–Crippen MR) is 75.3 cm³/mol. The fourth-order valence-electron chi connectivity index (χ4n) is 1.57. The standard InChI is InChI=1S/C14H14N2OS/c1-3-7-13(17)16(12-8-5-4-6-9-12)14-15-11(2)10-18-14/h3-10H,1-2H3/b7-3+. The zero-order valence-corrected chi connectivity index (χ0v) is 11.1. The number of carbonyl (C=O) groups excluding carboxylic acids is 1. The second-order valence-electron chi connectivity index (χ2n) is 3.78. The minimum atomic E-state index is -0.0851. The van der Waals surface area contributed by atoms with Gasteiger partial charge < -0.3 is 0 Å². The number of hydrogen-bond donors (Lipinski definition) is 0. The van der Waals surface area contributed by atoms with E-state index < -0.39 is 0 Å². The van der Waals surface area contributed by atoms with Crippen molar-refractivity contribution in [3.8, 4) is 0 Å². The highest BCUT2D eigenvalue weighted by Crippen LogP contribution is 2.28. The zero-order chi connectivity index (χ0) is 13.0. The number of aryl methyl sites for hydroxylation is 1. The Morgan fingerprint density at radius 2 is 2.06 bits per heavy atom. The number of rotatable bonds is 3. The van der Waals surface area contributed by atoms with Crippen LogP contribution < -0.4 is 4.90 Å². The van der Waals surface area contributed by atoms with Gasteiger partial charge in [-0.05, 0) is 32.1 Å². The largest absolute Gasteiger partial charge is 0.269 e. The van der Waals surface area contributed by atoms with Gasteiger partial charge in [-0.1, -0.05) is 24.3 Å². The number of para-hydroxylation sites is 1. The first kappa shape index (κ1) is 12.5. The molecule has 3 nitrogen and oxygen atoms in total. The molecule has 0 atom stereocenters. The summed E-state index contributed by atoms with van der Waals surface area (Å²) >= 11 is 1.47. The number of allylic oxidation sites excluding steroid dienone is 1. The highest BCUT2D eigenvalue weighted by atomic mass is 32.1. The van der Waals surface area contributed by atoms with Crippen LogP contribution >= 0.6 is 11.3 Å². The van der Waals surface area contributed by atoms with Gasteiger partial charge in [0.2, 0.25) is 0 Å². The van der Waals surface area contributed by atoms with Gasteiger partial charge in [-0.25, -0.2) is 4.98 Å². The SMILES string of the molecule is C/C=C/C(=O)N(c1ccccc1)c1nc(C)cs1. The maximum atomic E-state index is 12.2. The number of amides is 1. The molecular weight excluding hydrogens is 244 g/mol. The summed E-state index contributed by atoms with van der Waals surface area (Å²) in [6.45, 7) is 3.75. The molecule has 0 aliphatic heterocycles. The maximum absolute atomic E-state index is 12.2. The Hall–Kier alpha value is -1.94. The van der Waals surface area contributed by atoms with Crippen LogP contribution in [-0.2, 0) is 4.79 Å². The van der Waals surface area contributed by atoms with Crippen LogP contribution in [0, 0.1) is 6.92 Å². The number of thiazole rings is 1. The smallest absolute Gasteiger partial charge is 0.257 e.